The number of fused-ring (bicyclic) bond motifs is 2. The monoisotopic (exact) mass is 439 g/mol. The highest BCUT2D eigenvalue weighted by Crippen LogP contribution is 2.34. The molecule has 1 saturated heterocycles. The Balaban J connectivity index is 1.18. The number of anilines is 1. The summed E-state index contributed by atoms with van der Waals surface area (Å²) in [6, 6.07) is 13.9. The fourth-order valence-electron chi connectivity index (χ4n) is 4.18. The van der Waals surface area contributed by atoms with Crippen LogP contribution in [-0.4, -0.2) is 66.9 Å². The van der Waals surface area contributed by atoms with Gasteiger partial charge >= 0.3 is 0 Å². The maximum absolute atomic E-state index is 13.0. The van der Waals surface area contributed by atoms with Crippen LogP contribution in [0.25, 0.3) is 0 Å². The third kappa shape index (κ3) is 4.36. The van der Waals surface area contributed by atoms with Crippen molar-refractivity contribution in [2.24, 2.45) is 0 Å². The summed E-state index contributed by atoms with van der Waals surface area (Å²) in [6.45, 7) is 4.15. The molecule has 1 fully saturated rings. The van der Waals surface area contributed by atoms with E-state index in [2.05, 4.69) is 11.0 Å². The fraction of sp³-hybridized carbons (Fsp3) is 0.391. The number of nitrogens with zero attached hydrogens (tertiary/aromatic N) is 3. The van der Waals surface area contributed by atoms with Crippen molar-refractivity contribution in [1.29, 1.82) is 0 Å². The lowest BCUT2D eigenvalue weighted by Gasteiger charge is -2.36. The van der Waals surface area contributed by atoms with E-state index < -0.39 is 0 Å². The largest absolute Gasteiger partial charge is 0.454 e. The zero-order chi connectivity index (χ0) is 21.2. The van der Waals surface area contributed by atoms with Gasteiger partial charge in [0.1, 0.15) is 6.54 Å². The second-order valence-electron chi connectivity index (χ2n) is 7.89. The summed E-state index contributed by atoms with van der Waals surface area (Å²) in [5, 5.41) is 0. The molecule has 0 aliphatic carbocycles. The summed E-state index contributed by atoms with van der Waals surface area (Å²) < 4.78 is 10.8. The van der Waals surface area contributed by atoms with Crippen LogP contribution in [0.2, 0.25) is 0 Å². The van der Waals surface area contributed by atoms with Gasteiger partial charge in [0.15, 0.2) is 11.5 Å². The number of carbonyl (C=O) groups excluding carboxylic acids is 2. The highest BCUT2D eigenvalue weighted by molar-refractivity contribution is 7.99. The first kappa shape index (κ1) is 20.2. The molecule has 2 aromatic carbocycles. The van der Waals surface area contributed by atoms with E-state index in [1.807, 2.05) is 41.3 Å². The van der Waals surface area contributed by atoms with Crippen LogP contribution in [0.15, 0.2) is 47.4 Å². The number of piperazine rings is 1. The summed E-state index contributed by atoms with van der Waals surface area (Å²) in [5.41, 5.74) is 2.03. The molecule has 0 atom stereocenters. The van der Waals surface area contributed by atoms with Crippen LogP contribution in [-0.2, 0) is 16.1 Å². The first-order valence-corrected chi connectivity index (χ1v) is 11.6. The summed E-state index contributed by atoms with van der Waals surface area (Å²) in [7, 11) is 0. The Morgan fingerprint density at radius 3 is 2.68 bits per heavy atom. The maximum atomic E-state index is 13.0. The van der Waals surface area contributed by atoms with Crippen molar-refractivity contribution >= 4 is 29.3 Å². The molecule has 162 valence electrons. The molecule has 3 aliphatic heterocycles. The molecule has 2 amide bonds. The maximum Gasteiger partial charge on any atom is 0.242 e. The minimum Gasteiger partial charge on any atom is -0.454 e. The SMILES string of the molecule is O=C(CN1C(=O)CCSc2ccccc21)N1CCN(Cc2ccc3c(c2)OCO3)CC1. The molecule has 7 nitrogen and oxygen atoms in total. The van der Waals surface area contributed by atoms with Gasteiger partial charge < -0.3 is 19.3 Å². The van der Waals surface area contributed by atoms with Gasteiger partial charge in [0.25, 0.3) is 0 Å². The standard InChI is InChI=1S/C23H25N3O4S/c27-22-7-12-31-21-4-2-1-3-18(21)26(22)15-23(28)25-10-8-24(9-11-25)14-17-5-6-19-20(13-17)30-16-29-19/h1-6,13H,7-12,14-16H2. The van der Waals surface area contributed by atoms with E-state index >= 15 is 0 Å². The lowest BCUT2D eigenvalue weighted by atomic mass is 10.1. The number of para-hydroxylation sites is 1. The zero-order valence-electron chi connectivity index (χ0n) is 17.3. The average Bonchev–Trinajstić information content (AvgIpc) is 3.20. The zero-order valence-corrected chi connectivity index (χ0v) is 18.1. The Kier molecular flexibility index (Phi) is 5.74. The smallest absolute Gasteiger partial charge is 0.242 e. The summed E-state index contributed by atoms with van der Waals surface area (Å²) >= 11 is 1.68. The molecule has 0 saturated carbocycles. The number of thioether (sulfide) groups is 1. The number of hydrogen-bond donors (Lipinski definition) is 0. The fourth-order valence-corrected chi connectivity index (χ4v) is 5.18. The van der Waals surface area contributed by atoms with Crippen molar-refractivity contribution in [2.45, 2.75) is 17.9 Å². The van der Waals surface area contributed by atoms with Crippen LogP contribution < -0.4 is 14.4 Å². The Bertz CT molecular complexity index is 991. The lowest BCUT2D eigenvalue weighted by Crippen LogP contribution is -2.51. The summed E-state index contributed by atoms with van der Waals surface area (Å²) in [4.78, 5) is 32.6. The van der Waals surface area contributed by atoms with E-state index in [9.17, 15) is 9.59 Å². The van der Waals surface area contributed by atoms with Crippen LogP contribution in [0.4, 0.5) is 5.69 Å². The topological polar surface area (TPSA) is 62.3 Å². The Labute approximate surface area is 185 Å². The highest BCUT2D eigenvalue weighted by Gasteiger charge is 2.28. The predicted molar refractivity (Wildman–Crippen MR) is 119 cm³/mol. The van der Waals surface area contributed by atoms with Gasteiger partial charge in [0.05, 0.1) is 5.69 Å². The van der Waals surface area contributed by atoms with Crippen molar-refractivity contribution in [3.8, 4) is 11.5 Å². The van der Waals surface area contributed by atoms with Gasteiger partial charge in [-0.15, -0.1) is 11.8 Å². The molecular formula is C23H25N3O4S. The average molecular weight is 440 g/mol. The van der Waals surface area contributed by atoms with Gasteiger partial charge in [-0.25, -0.2) is 0 Å². The molecule has 8 heteroatoms. The minimum absolute atomic E-state index is 0.0118. The Morgan fingerprint density at radius 2 is 1.81 bits per heavy atom. The molecule has 3 heterocycles. The van der Waals surface area contributed by atoms with Crippen molar-refractivity contribution in [1.82, 2.24) is 9.80 Å². The number of rotatable bonds is 4. The van der Waals surface area contributed by atoms with E-state index in [1.165, 1.54) is 5.56 Å². The number of hydrogen-bond acceptors (Lipinski definition) is 6. The number of benzene rings is 2. The van der Waals surface area contributed by atoms with Crippen LogP contribution in [0, 0.1) is 0 Å². The van der Waals surface area contributed by atoms with Gasteiger partial charge in [0.2, 0.25) is 18.6 Å². The third-order valence-corrected chi connectivity index (χ3v) is 6.96. The van der Waals surface area contributed by atoms with Gasteiger partial charge in [-0.2, -0.15) is 0 Å². The first-order valence-electron chi connectivity index (χ1n) is 10.6. The molecule has 31 heavy (non-hydrogen) atoms. The molecule has 0 N–H and O–H groups in total. The second kappa shape index (κ2) is 8.80. The molecule has 3 aliphatic rings. The first-order chi connectivity index (χ1) is 15.2. The van der Waals surface area contributed by atoms with Crippen molar-refractivity contribution in [2.75, 3.05) is 50.2 Å². The van der Waals surface area contributed by atoms with Crippen molar-refractivity contribution < 1.29 is 19.1 Å². The van der Waals surface area contributed by atoms with Gasteiger partial charge in [0, 0.05) is 49.8 Å². The van der Waals surface area contributed by atoms with E-state index in [4.69, 9.17) is 9.47 Å². The Morgan fingerprint density at radius 1 is 1.00 bits per heavy atom. The quantitative estimate of drug-likeness (QED) is 0.730. The molecule has 0 spiro atoms. The van der Waals surface area contributed by atoms with Gasteiger partial charge in [-0.3, -0.25) is 14.5 Å². The van der Waals surface area contributed by atoms with E-state index in [0.717, 1.165) is 47.5 Å². The van der Waals surface area contributed by atoms with Crippen molar-refractivity contribution in [3.05, 3.63) is 48.0 Å². The molecule has 2 aromatic rings. The molecular weight excluding hydrogens is 414 g/mol. The molecule has 0 bridgehead atoms. The van der Waals surface area contributed by atoms with Crippen LogP contribution in [0.5, 0.6) is 11.5 Å². The lowest BCUT2D eigenvalue weighted by molar-refractivity contribution is -0.133. The Hall–Kier alpha value is -2.71. The second-order valence-corrected chi connectivity index (χ2v) is 9.03. The summed E-state index contributed by atoms with van der Waals surface area (Å²) in [6.07, 6.45) is 0.454. The predicted octanol–water partition coefficient (Wildman–Crippen LogP) is 2.59. The van der Waals surface area contributed by atoms with Crippen LogP contribution in [0.3, 0.4) is 0 Å². The molecule has 0 aromatic heterocycles. The number of carbonyl (C=O) groups is 2. The molecule has 0 unspecified atom stereocenters. The minimum atomic E-state index is 0.0118. The number of amides is 2. The van der Waals surface area contributed by atoms with Gasteiger partial charge in [-0.05, 0) is 29.8 Å². The third-order valence-electron chi connectivity index (χ3n) is 5.89. The molecule has 0 radical (unpaired) electrons. The van der Waals surface area contributed by atoms with Crippen molar-refractivity contribution in [3.63, 3.8) is 0 Å². The van der Waals surface area contributed by atoms with E-state index in [0.29, 0.717) is 19.5 Å². The number of ether oxygens (including phenoxy) is 2. The highest BCUT2D eigenvalue weighted by atomic mass is 32.2. The van der Waals surface area contributed by atoms with E-state index in [1.54, 1.807) is 16.7 Å². The molecule has 5 rings (SSSR count). The van der Waals surface area contributed by atoms with Crippen LogP contribution >= 0.6 is 11.8 Å². The van der Waals surface area contributed by atoms with E-state index in [-0.39, 0.29) is 25.2 Å². The van der Waals surface area contributed by atoms with Crippen LogP contribution in [0.1, 0.15) is 12.0 Å². The van der Waals surface area contributed by atoms with Gasteiger partial charge in [-0.1, -0.05) is 18.2 Å². The normalized spacial score (nSPS) is 18.6. The summed E-state index contributed by atoms with van der Waals surface area (Å²) in [5.74, 6) is 2.37.